The van der Waals surface area contributed by atoms with E-state index in [-0.39, 0.29) is 0 Å². The lowest BCUT2D eigenvalue weighted by Gasteiger charge is -2.39. The van der Waals surface area contributed by atoms with E-state index >= 15 is 0 Å². The summed E-state index contributed by atoms with van der Waals surface area (Å²) in [4.78, 5) is 0. The molecule has 1 atom stereocenters. The van der Waals surface area contributed by atoms with E-state index in [0.717, 1.165) is 44.2 Å². The first kappa shape index (κ1) is 15.1. The van der Waals surface area contributed by atoms with Crippen LogP contribution in [0.3, 0.4) is 0 Å². The fourth-order valence-corrected chi connectivity index (χ4v) is 4.94. The van der Waals surface area contributed by atoms with Crippen molar-refractivity contribution in [1.82, 2.24) is 0 Å². The van der Waals surface area contributed by atoms with Crippen LogP contribution >= 0.6 is 11.6 Å². The van der Waals surface area contributed by atoms with E-state index in [1.807, 2.05) is 18.2 Å². The third-order valence-electron chi connectivity index (χ3n) is 5.72. The van der Waals surface area contributed by atoms with E-state index in [1.165, 1.54) is 5.56 Å². The van der Waals surface area contributed by atoms with Gasteiger partial charge in [-0.05, 0) is 23.3 Å². The number of para-hydroxylation sites is 1. The minimum absolute atomic E-state index is 0.679. The van der Waals surface area contributed by atoms with Crippen molar-refractivity contribution < 1.29 is 4.74 Å². The van der Waals surface area contributed by atoms with E-state index in [2.05, 4.69) is 72.8 Å². The van der Waals surface area contributed by atoms with Crippen molar-refractivity contribution in [2.45, 2.75) is 5.60 Å². The number of fused-ring (bicyclic) bond motifs is 9. The lowest BCUT2D eigenvalue weighted by Crippen LogP contribution is -2.36. The first-order valence-electron chi connectivity index (χ1n) is 9.07. The van der Waals surface area contributed by atoms with Gasteiger partial charge in [0.15, 0.2) is 5.60 Å². The summed E-state index contributed by atoms with van der Waals surface area (Å²) in [7, 11) is 0. The van der Waals surface area contributed by atoms with Gasteiger partial charge in [-0.2, -0.15) is 0 Å². The zero-order valence-electron chi connectivity index (χ0n) is 14.4. The minimum Gasteiger partial charge on any atom is -0.472 e. The van der Waals surface area contributed by atoms with Crippen molar-refractivity contribution in [2.24, 2.45) is 0 Å². The lowest BCUT2D eigenvalue weighted by atomic mass is 9.78. The van der Waals surface area contributed by atoms with Gasteiger partial charge >= 0.3 is 0 Å². The molecular weight excluding hydrogens is 352 g/mol. The van der Waals surface area contributed by atoms with E-state index in [0.29, 0.717) is 0 Å². The number of rotatable bonds is 0. The highest BCUT2D eigenvalue weighted by Crippen LogP contribution is 2.59. The molecule has 0 bridgehead atoms. The quantitative estimate of drug-likeness (QED) is 0.337. The molecule has 1 nitrogen and oxygen atoms in total. The summed E-state index contributed by atoms with van der Waals surface area (Å²) in [6.07, 6.45) is 0. The molecule has 0 N–H and O–H groups in total. The molecule has 1 unspecified atom stereocenters. The SMILES string of the molecule is Clc1cccc2c1-c1ccccc1C21Oc2ccccc2-c2ccccc21. The standard InChI is InChI=1S/C25H15ClO/c26-22-14-7-13-21-24(22)18-10-2-5-12-20(18)25(21)19-11-4-1-8-16(19)17-9-3-6-15-23(17)27-25/h1-15H. The van der Waals surface area contributed by atoms with Crippen LogP contribution in [-0.2, 0) is 5.60 Å². The average molecular weight is 367 g/mol. The highest BCUT2D eigenvalue weighted by Gasteiger charge is 2.50. The van der Waals surface area contributed by atoms with Crippen molar-refractivity contribution in [3.8, 4) is 28.0 Å². The van der Waals surface area contributed by atoms with Gasteiger partial charge in [0, 0.05) is 32.8 Å². The molecule has 27 heavy (non-hydrogen) atoms. The predicted molar refractivity (Wildman–Crippen MR) is 109 cm³/mol. The smallest absolute Gasteiger partial charge is 0.186 e. The predicted octanol–water partition coefficient (Wildman–Crippen LogP) is 6.67. The van der Waals surface area contributed by atoms with Gasteiger partial charge in [0.25, 0.3) is 0 Å². The fourth-order valence-electron chi connectivity index (χ4n) is 4.67. The summed E-state index contributed by atoms with van der Waals surface area (Å²) in [5, 5.41) is 0.761. The first-order chi connectivity index (χ1) is 13.3. The molecule has 1 spiro atoms. The van der Waals surface area contributed by atoms with Gasteiger partial charge in [-0.3, -0.25) is 0 Å². The van der Waals surface area contributed by atoms with Crippen molar-refractivity contribution >= 4 is 11.6 Å². The molecule has 0 saturated carbocycles. The maximum absolute atomic E-state index is 6.86. The van der Waals surface area contributed by atoms with Gasteiger partial charge in [-0.15, -0.1) is 0 Å². The summed E-state index contributed by atoms with van der Waals surface area (Å²) < 4.78 is 6.86. The lowest BCUT2D eigenvalue weighted by molar-refractivity contribution is 0.157. The van der Waals surface area contributed by atoms with Gasteiger partial charge in [0.05, 0.1) is 0 Å². The second-order valence-electron chi connectivity index (χ2n) is 7.03. The molecule has 0 saturated heterocycles. The van der Waals surface area contributed by atoms with E-state index in [1.54, 1.807) is 0 Å². The third kappa shape index (κ3) is 1.80. The van der Waals surface area contributed by atoms with Gasteiger partial charge in [-0.25, -0.2) is 0 Å². The molecule has 0 fully saturated rings. The highest BCUT2D eigenvalue weighted by atomic mass is 35.5. The molecule has 1 heterocycles. The largest absolute Gasteiger partial charge is 0.472 e. The van der Waals surface area contributed by atoms with E-state index in [9.17, 15) is 0 Å². The summed E-state index contributed by atoms with van der Waals surface area (Å²) in [6, 6.07) is 31.4. The molecule has 0 aromatic heterocycles. The van der Waals surface area contributed by atoms with Crippen molar-refractivity contribution in [3.63, 3.8) is 0 Å². The van der Waals surface area contributed by atoms with Crippen molar-refractivity contribution in [3.05, 3.63) is 113 Å². The van der Waals surface area contributed by atoms with Gasteiger partial charge < -0.3 is 4.74 Å². The van der Waals surface area contributed by atoms with Gasteiger partial charge in [-0.1, -0.05) is 90.5 Å². The molecule has 128 valence electrons. The van der Waals surface area contributed by atoms with Gasteiger partial charge in [0.2, 0.25) is 0 Å². The maximum Gasteiger partial charge on any atom is 0.186 e. The number of halogens is 1. The monoisotopic (exact) mass is 366 g/mol. The molecule has 6 rings (SSSR count). The number of benzene rings is 4. The average Bonchev–Trinajstić information content (AvgIpc) is 3.00. The zero-order chi connectivity index (χ0) is 18.0. The van der Waals surface area contributed by atoms with Crippen LogP contribution in [0.4, 0.5) is 0 Å². The van der Waals surface area contributed by atoms with Crippen LogP contribution in [0, 0.1) is 0 Å². The van der Waals surface area contributed by atoms with Crippen LogP contribution in [0.25, 0.3) is 22.3 Å². The Labute approximate surface area is 162 Å². The molecule has 1 aliphatic heterocycles. The van der Waals surface area contributed by atoms with Gasteiger partial charge in [0.1, 0.15) is 5.75 Å². The molecule has 4 aromatic rings. The van der Waals surface area contributed by atoms with Crippen LogP contribution in [0.15, 0.2) is 91.0 Å². The van der Waals surface area contributed by atoms with Crippen LogP contribution in [0.2, 0.25) is 5.02 Å². The normalized spacial score (nSPS) is 18.3. The Hall–Kier alpha value is -3.03. The van der Waals surface area contributed by atoms with Crippen LogP contribution < -0.4 is 4.74 Å². The number of hydrogen-bond donors (Lipinski definition) is 0. The Morgan fingerprint density at radius 2 is 1.15 bits per heavy atom. The van der Waals surface area contributed by atoms with Crippen LogP contribution in [-0.4, -0.2) is 0 Å². The Morgan fingerprint density at radius 1 is 0.556 bits per heavy atom. The Kier molecular flexibility index (Phi) is 2.93. The zero-order valence-corrected chi connectivity index (χ0v) is 15.2. The first-order valence-corrected chi connectivity index (χ1v) is 9.45. The summed E-state index contributed by atoms with van der Waals surface area (Å²) in [5.41, 5.74) is 7.30. The molecule has 1 aliphatic carbocycles. The highest BCUT2D eigenvalue weighted by molar-refractivity contribution is 6.34. The third-order valence-corrected chi connectivity index (χ3v) is 6.03. The summed E-state index contributed by atoms with van der Waals surface area (Å²) >= 11 is 6.67. The van der Waals surface area contributed by atoms with Crippen molar-refractivity contribution in [1.29, 1.82) is 0 Å². The Morgan fingerprint density at radius 3 is 1.96 bits per heavy atom. The maximum atomic E-state index is 6.86. The van der Waals surface area contributed by atoms with Crippen molar-refractivity contribution in [2.75, 3.05) is 0 Å². The Balaban J connectivity index is 1.80. The second kappa shape index (κ2) is 5.25. The summed E-state index contributed by atoms with van der Waals surface area (Å²) in [6.45, 7) is 0. The van der Waals surface area contributed by atoms with E-state index < -0.39 is 5.60 Å². The molecule has 4 aromatic carbocycles. The van der Waals surface area contributed by atoms with Crippen LogP contribution in [0.5, 0.6) is 5.75 Å². The fraction of sp³-hybridized carbons (Fsp3) is 0.0400. The molecule has 2 aliphatic rings. The van der Waals surface area contributed by atoms with E-state index in [4.69, 9.17) is 16.3 Å². The topological polar surface area (TPSA) is 9.23 Å². The molecular formula is C25H15ClO. The van der Waals surface area contributed by atoms with Crippen LogP contribution in [0.1, 0.15) is 16.7 Å². The molecule has 0 amide bonds. The number of ether oxygens (including phenoxy) is 1. The minimum atomic E-state index is -0.679. The molecule has 2 heteroatoms. The molecule has 0 radical (unpaired) electrons. The Bertz CT molecular complexity index is 1230. The summed E-state index contributed by atoms with van der Waals surface area (Å²) in [5.74, 6) is 0.902. The second-order valence-corrected chi connectivity index (χ2v) is 7.44. The number of hydrogen-bond acceptors (Lipinski definition) is 1.